The second kappa shape index (κ2) is 5.65. The van der Waals surface area contributed by atoms with Gasteiger partial charge in [-0.1, -0.05) is 18.2 Å². The molecule has 0 radical (unpaired) electrons. The van der Waals surface area contributed by atoms with E-state index in [0.29, 0.717) is 28.2 Å². The number of hydrogen-bond acceptors (Lipinski definition) is 3. The predicted molar refractivity (Wildman–Crippen MR) is 76.7 cm³/mol. The summed E-state index contributed by atoms with van der Waals surface area (Å²) >= 11 is 0. The Bertz CT molecular complexity index is 647. The third kappa shape index (κ3) is 2.45. The standard InChI is InChI=1S/C16H16O4/c1-10-5-4-6-12(15(10)16(17)18)13-9-11(19-2)7-8-14(13)20-3/h4-9H,1-3H3,(H,17,18). The number of hydrogen-bond donors (Lipinski definition) is 1. The number of carboxylic acids is 1. The molecule has 20 heavy (non-hydrogen) atoms. The van der Waals surface area contributed by atoms with E-state index in [1.54, 1.807) is 51.5 Å². The molecule has 0 heterocycles. The normalized spacial score (nSPS) is 10.2. The minimum absolute atomic E-state index is 0.277. The summed E-state index contributed by atoms with van der Waals surface area (Å²) in [7, 11) is 3.13. The molecule has 4 heteroatoms. The number of rotatable bonds is 4. The Hall–Kier alpha value is -2.49. The molecule has 0 aliphatic rings. The predicted octanol–water partition coefficient (Wildman–Crippen LogP) is 3.38. The maximum absolute atomic E-state index is 11.5. The summed E-state index contributed by atoms with van der Waals surface area (Å²) in [6.45, 7) is 1.78. The second-order valence-electron chi connectivity index (χ2n) is 4.37. The average Bonchev–Trinajstić information content (AvgIpc) is 2.45. The van der Waals surface area contributed by atoms with Gasteiger partial charge in [-0.2, -0.15) is 0 Å². The van der Waals surface area contributed by atoms with E-state index in [1.165, 1.54) is 0 Å². The lowest BCUT2D eigenvalue weighted by atomic mass is 9.95. The fraction of sp³-hybridized carbons (Fsp3) is 0.188. The highest BCUT2D eigenvalue weighted by Crippen LogP contribution is 2.36. The summed E-state index contributed by atoms with van der Waals surface area (Å²) in [5.74, 6) is 0.306. The molecule has 0 aliphatic carbocycles. The van der Waals surface area contributed by atoms with Crippen molar-refractivity contribution < 1.29 is 19.4 Å². The number of carbonyl (C=O) groups is 1. The van der Waals surface area contributed by atoms with E-state index in [1.807, 2.05) is 6.07 Å². The topological polar surface area (TPSA) is 55.8 Å². The van der Waals surface area contributed by atoms with Crippen LogP contribution in [0.3, 0.4) is 0 Å². The van der Waals surface area contributed by atoms with Gasteiger partial charge in [0, 0.05) is 11.1 Å². The minimum Gasteiger partial charge on any atom is -0.497 e. The molecule has 0 saturated heterocycles. The molecule has 2 aromatic carbocycles. The molecule has 4 nitrogen and oxygen atoms in total. The summed E-state index contributed by atoms with van der Waals surface area (Å²) in [6.07, 6.45) is 0. The fourth-order valence-electron chi connectivity index (χ4n) is 2.20. The number of ether oxygens (including phenoxy) is 2. The van der Waals surface area contributed by atoms with Gasteiger partial charge in [0.05, 0.1) is 19.8 Å². The van der Waals surface area contributed by atoms with Gasteiger partial charge in [0.2, 0.25) is 0 Å². The van der Waals surface area contributed by atoms with Gasteiger partial charge in [0.25, 0.3) is 0 Å². The maximum Gasteiger partial charge on any atom is 0.336 e. The van der Waals surface area contributed by atoms with Gasteiger partial charge >= 0.3 is 5.97 Å². The molecule has 0 aliphatic heterocycles. The van der Waals surface area contributed by atoms with Crippen LogP contribution in [-0.2, 0) is 0 Å². The molecular weight excluding hydrogens is 256 g/mol. The van der Waals surface area contributed by atoms with Gasteiger partial charge < -0.3 is 14.6 Å². The molecule has 0 bridgehead atoms. The van der Waals surface area contributed by atoms with Crippen molar-refractivity contribution in [1.82, 2.24) is 0 Å². The SMILES string of the molecule is COc1ccc(OC)c(-c2cccc(C)c2C(=O)O)c1. The molecule has 0 aromatic heterocycles. The van der Waals surface area contributed by atoms with Crippen LogP contribution in [0.2, 0.25) is 0 Å². The van der Waals surface area contributed by atoms with Crippen molar-refractivity contribution in [3.8, 4) is 22.6 Å². The molecule has 0 spiro atoms. The van der Waals surface area contributed by atoms with Crippen LogP contribution in [0, 0.1) is 6.92 Å². The molecule has 0 fully saturated rings. The van der Waals surface area contributed by atoms with Crippen LogP contribution in [0.4, 0.5) is 0 Å². The Morgan fingerprint density at radius 1 is 1.05 bits per heavy atom. The van der Waals surface area contributed by atoms with Gasteiger partial charge in [-0.05, 0) is 30.7 Å². The summed E-state index contributed by atoms with van der Waals surface area (Å²) in [5, 5.41) is 9.43. The highest BCUT2D eigenvalue weighted by molar-refractivity contribution is 5.98. The lowest BCUT2D eigenvalue weighted by Crippen LogP contribution is -2.03. The molecule has 2 rings (SSSR count). The van der Waals surface area contributed by atoms with E-state index >= 15 is 0 Å². The first kappa shape index (κ1) is 13.9. The quantitative estimate of drug-likeness (QED) is 0.927. The lowest BCUT2D eigenvalue weighted by molar-refractivity contribution is 0.0697. The van der Waals surface area contributed by atoms with E-state index in [9.17, 15) is 9.90 Å². The zero-order chi connectivity index (χ0) is 14.7. The fourth-order valence-corrected chi connectivity index (χ4v) is 2.20. The van der Waals surface area contributed by atoms with Crippen LogP contribution in [0.15, 0.2) is 36.4 Å². The summed E-state index contributed by atoms with van der Waals surface area (Å²) in [4.78, 5) is 11.5. The highest BCUT2D eigenvalue weighted by atomic mass is 16.5. The average molecular weight is 272 g/mol. The zero-order valence-corrected chi connectivity index (χ0v) is 11.6. The van der Waals surface area contributed by atoms with Gasteiger partial charge in [-0.15, -0.1) is 0 Å². The van der Waals surface area contributed by atoms with E-state index < -0.39 is 5.97 Å². The first-order chi connectivity index (χ1) is 9.58. The van der Waals surface area contributed by atoms with Crippen LogP contribution in [0.1, 0.15) is 15.9 Å². The highest BCUT2D eigenvalue weighted by Gasteiger charge is 2.17. The Morgan fingerprint density at radius 3 is 2.40 bits per heavy atom. The van der Waals surface area contributed by atoms with Crippen LogP contribution >= 0.6 is 0 Å². The molecule has 0 atom stereocenters. The first-order valence-electron chi connectivity index (χ1n) is 6.13. The van der Waals surface area contributed by atoms with Crippen LogP contribution in [-0.4, -0.2) is 25.3 Å². The Balaban J connectivity index is 2.73. The Labute approximate surface area is 117 Å². The van der Waals surface area contributed by atoms with Crippen molar-refractivity contribution in [3.63, 3.8) is 0 Å². The number of benzene rings is 2. The third-order valence-electron chi connectivity index (χ3n) is 3.18. The number of methoxy groups -OCH3 is 2. The van der Waals surface area contributed by atoms with Crippen molar-refractivity contribution in [2.75, 3.05) is 14.2 Å². The lowest BCUT2D eigenvalue weighted by Gasteiger charge is -2.14. The monoisotopic (exact) mass is 272 g/mol. The summed E-state index contributed by atoms with van der Waals surface area (Å²) in [6, 6.07) is 10.7. The van der Waals surface area contributed by atoms with Crippen LogP contribution in [0.25, 0.3) is 11.1 Å². The second-order valence-corrected chi connectivity index (χ2v) is 4.37. The van der Waals surface area contributed by atoms with Crippen molar-refractivity contribution >= 4 is 5.97 Å². The molecule has 2 aromatic rings. The Morgan fingerprint density at radius 2 is 1.80 bits per heavy atom. The van der Waals surface area contributed by atoms with Crippen molar-refractivity contribution in [2.45, 2.75) is 6.92 Å². The molecule has 0 saturated carbocycles. The van der Waals surface area contributed by atoms with Gasteiger partial charge in [-0.25, -0.2) is 4.79 Å². The molecule has 0 amide bonds. The summed E-state index contributed by atoms with van der Waals surface area (Å²) < 4.78 is 10.5. The molecule has 1 N–H and O–H groups in total. The molecule has 0 unspecified atom stereocenters. The summed E-state index contributed by atoms with van der Waals surface area (Å²) in [5.41, 5.74) is 2.31. The van der Waals surface area contributed by atoms with E-state index in [2.05, 4.69) is 0 Å². The van der Waals surface area contributed by atoms with Gasteiger partial charge in [-0.3, -0.25) is 0 Å². The van der Waals surface area contributed by atoms with E-state index in [0.717, 1.165) is 0 Å². The van der Waals surface area contributed by atoms with E-state index in [-0.39, 0.29) is 5.56 Å². The van der Waals surface area contributed by atoms with Crippen LogP contribution < -0.4 is 9.47 Å². The number of carboxylic acid groups (broad SMARTS) is 1. The van der Waals surface area contributed by atoms with Crippen LogP contribution in [0.5, 0.6) is 11.5 Å². The van der Waals surface area contributed by atoms with Gasteiger partial charge in [0.1, 0.15) is 11.5 Å². The largest absolute Gasteiger partial charge is 0.497 e. The number of aryl methyl sites for hydroxylation is 1. The minimum atomic E-state index is -0.956. The smallest absolute Gasteiger partial charge is 0.336 e. The van der Waals surface area contributed by atoms with Crippen molar-refractivity contribution in [2.24, 2.45) is 0 Å². The maximum atomic E-state index is 11.5. The van der Waals surface area contributed by atoms with Crippen molar-refractivity contribution in [1.29, 1.82) is 0 Å². The molecule has 104 valence electrons. The third-order valence-corrected chi connectivity index (χ3v) is 3.18. The Kier molecular flexibility index (Phi) is 3.94. The zero-order valence-electron chi connectivity index (χ0n) is 11.6. The molecular formula is C16H16O4. The number of aromatic carboxylic acids is 1. The first-order valence-corrected chi connectivity index (χ1v) is 6.13. The van der Waals surface area contributed by atoms with Gasteiger partial charge in [0.15, 0.2) is 0 Å². The van der Waals surface area contributed by atoms with E-state index in [4.69, 9.17) is 9.47 Å². The van der Waals surface area contributed by atoms with Crippen molar-refractivity contribution in [3.05, 3.63) is 47.5 Å².